The monoisotopic (exact) mass is 288 g/mol. The van der Waals surface area contributed by atoms with Crippen LogP contribution in [0.2, 0.25) is 0 Å². The predicted octanol–water partition coefficient (Wildman–Crippen LogP) is 6.05. The molecule has 0 aromatic carbocycles. The first-order chi connectivity index (χ1) is 9.31. The molecule has 0 radical (unpaired) electrons. The Morgan fingerprint density at radius 3 is 1.58 bits per heavy atom. The highest BCUT2D eigenvalue weighted by atomic mass is 32.1. The minimum Gasteiger partial charge on any atom is -0.141 e. The van der Waals surface area contributed by atoms with Crippen LogP contribution < -0.4 is 0 Å². The second-order valence-electron chi connectivity index (χ2n) is 4.58. The molecule has 0 saturated heterocycles. The molecular formula is C17H20S2. The molecule has 0 aliphatic carbocycles. The molecule has 2 aromatic heterocycles. The maximum atomic E-state index is 3.80. The fraction of sp³-hybridized carbons (Fsp3) is 0.294. The van der Waals surface area contributed by atoms with Gasteiger partial charge in [-0.25, -0.2) is 0 Å². The van der Waals surface area contributed by atoms with Gasteiger partial charge in [0.15, 0.2) is 0 Å². The molecule has 0 unspecified atom stereocenters. The van der Waals surface area contributed by atoms with E-state index in [-0.39, 0.29) is 0 Å². The summed E-state index contributed by atoms with van der Waals surface area (Å²) in [6.07, 6.45) is 10.2. The molecule has 0 amide bonds. The van der Waals surface area contributed by atoms with Gasteiger partial charge in [-0.1, -0.05) is 31.7 Å². The summed E-state index contributed by atoms with van der Waals surface area (Å²) < 4.78 is 0. The molecule has 0 atom stereocenters. The summed E-state index contributed by atoms with van der Waals surface area (Å²) in [6, 6.07) is 8.79. The molecule has 100 valence electrons. The highest BCUT2D eigenvalue weighted by molar-refractivity contribution is 7.13. The van der Waals surface area contributed by atoms with Crippen molar-refractivity contribution < 1.29 is 0 Å². The number of hydrogen-bond donors (Lipinski definition) is 0. The number of unbranched alkanes of at least 4 members (excludes halogenated alkanes) is 2. The van der Waals surface area contributed by atoms with E-state index in [1.165, 1.54) is 51.6 Å². The SMILES string of the molecule is C=Cc1ccc(CCCCCc2ccc(C=C)s2)s1. The number of hydrogen-bond acceptors (Lipinski definition) is 2. The van der Waals surface area contributed by atoms with Crippen molar-refractivity contribution in [2.75, 3.05) is 0 Å². The molecule has 0 N–H and O–H groups in total. The van der Waals surface area contributed by atoms with Gasteiger partial charge in [-0.3, -0.25) is 0 Å². The Morgan fingerprint density at radius 1 is 0.737 bits per heavy atom. The van der Waals surface area contributed by atoms with Gasteiger partial charge in [-0.15, -0.1) is 22.7 Å². The van der Waals surface area contributed by atoms with Crippen LogP contribution in [0.5, 0.6) is 0 Å². The number of rotatable bonds is 8. The van der Waals surface area contributed by atoms with Crippen molar-refractivity contribution in [1.29, 1.82) is 0 Å². The average Bonchev–Trinajstić information content (AvgIpc) is 3.06. The van der Waals surface area contributed by atoms with Crippen LogP contribution in [-0.2, 0) is 12.8 Å². The number of thiophene rings is 2. The maximum Gasteiger partial charge on any atom is 0.0267 e. The number of aryl methyl sites for hydroxylation is 2. The van der Waals surface area contributed by atoms with Crippen molar-refractivity contribution in [3.63, 3.8) is 0 Å². The molecule has 2 aromatic rings. The Bertz CT molecular complexity index is 483. The lowest BCUT2D eigenvalue weighted by Gasteiger charge is -1.99. The van der Waals surface area contributed by atoms with Gasteiger partial charge in [-0.05, 0) is 49.9 Å². The molecule has 19 heavy (non-hydrogen) atoms. The zero-order valence-electron chi connectivity index (χ0n) is 11.2. The van der Waals surface area contributed by atoms with E-state index < -0.39 is 0 Å². The average molecular weight is 288 g/mol. The lowest BCUT2D eigenvalue weighted by molar-refractivity contribution is 0.686. The van der Waals surface area contributed by atoms with E-state index >= 15 is 0 Å². The van der Waals surface area contributed by atoms with E-state index in [2.05, 4.69) is 37.4 Å². The summed E-state index contributed by atoms with van der Waals surface area (Å²) >= 11 is 3.73. The maximum absolute atomic E-state index is 3.80. The fourth-order valence-corrected chi connectivity index (χ4v) is 3.86. The first-order valence-corrected chi connectivity index (χ1v) is 8.37. The van der Waals surface area contributed by atoms with E-state index in [9.17, 15) is 0 Å². The van der Waals surface area contributed by atoms with Crippen molar-refractivity contribution in [2.24, 2.45) is 0 Å². The Labute approximate surface area is 124 Å². The van der Waals surface area contributed by atoms with Gasteiger partial charge in [0.1, 0.15) is 0 Å². The predicted molar refractivity (Wildman–Crippen MR) is 90.1 cm³/mol. The van der Waals surface area contributed by atoms with Crippen LogP contribution >= 0.6 is 22.7 Å². The van der Waals surface area contributed by atoms with Crippen LogP contribution in [0.15, 0.2) is 37.4 Å². The Morgan fingerprint density at radius 2 is 1.21 bits per heavy atom. The van der Waals surface area contributed by atoms with Crippen molar-refractivity contribution in [1.82, 2.24) is 0 Å². The molecule has 2 rings (SSSR count). The lowest BCUT2D eigenvalue weighted by Crippen LogP contribution is -1.84. The molecule has 2 heterocycles. The third-order valence-corrected chi connectivity index (χ3v) is 5.40. The third kappa shape index (κ3) is 4.48. The lowest BCUT2D eigenvalue weighted by atomic mass is 10.1. The van der Waals surface area contributed by atoms with Crippen LogP contribution in [-0.4, -0.2) is 0 Å². The van der Waals surface area contributed by atoms with Crippen LogP contribution in [0.3, 0.4) is 0 Å². The minimum absolute atomic E-state index is 1.21. The third-order valence-electron chi connectivity index (χ3n) is 3.11. The second-order valence-corrected chi connectivity index (χ2v) is 6.98. The zero-order valence-corrected chi connectivity index (χ0v) is 12.9. The van der Waals surface area contributed by atoms with Gasteiger partial charge < -0.3 is 0 Å². The quantitative estimate of drug-likeness (QED) is 0.519. The molecule has 0 aliphatic rings. The second kappa shape index (κ2) is 7.46. The molecule has 0 aliphatic heterocycles. The van der Waals surface area contributed by atoms with Gasteiger partial charge in [0, 0.05) is 19.5 Å². The van der Waals surface area contributed by atoms with E-state index in [4.69, 9.17) is 0 Å². The van der Waals surface area contributed by atoms with Crippen LogP contribution in [0.4, 0.5) is 0 Å². The van der Waals surface area contributed by atoms with Crippen LogP contribution in [0, 0.1) is 0 Å². The van der Waals surface area contributed by atoms with Crippen molar-refractivity contribution in [2.45, 2.75) is 32.1 Å². The molecule has 0 fully saturated rings. The molecule has 0 bridgehead atoms. The molecule has 0 spiro atoms. The van der Waals surface area contributed by atoms with Crippen molar-refractivity contribution >= 4 is 34.8 Å². The summed E-state index contributed by atoms with van der Waals surface area (Å²) in [6.45, 7) is 7.60. The molecule has 0 saturated carbocycles. The first-order valence-electron chi connectivity index (χ1n) is 6.74. The van der Waals surface area contributed by atoms with Gasteiger partial charge in [0.2, 0.25) is 0 Å². The van der Waals surface area contributed by atoms with Gasteiger partial charge in [-0.2, -0.15) is 0 Å². The Kier molecular flexibility index (Phi) is 5.62. The highest BCUT2D eigenvalue weighted by Crippen LogP contribution is 2.22. The minimum atomic E-state index is 1.21. The first kappa shape index (κ1) is 14.3. The largest absolute Gasteiger partial charge is 0.141 e. The van der Waals surface area contributed by atoms with Crippen molar-refractivity contribution in [3.8, 4) is 0 Å². The summed E-state index contributed by atoms with van der Waals surface area (Å²) in [5, 5.41) is 0. The molecule has 0 nitrogen and oxygen atoms in total. The fourth-order valence-electron chi connectivity index (χ4n) is 2.05. The molecular weight excluding hydrogens is 268 g/mol. The van der Waals surface area contributed by atoms with Crippen LogP contribution in [0.25, 0.3) is 12.2 Å². The van der Waals surface area contributed by atoms with E-state index in [1.807, 2.05) is 34.8 Å². The van der Waals surface area contributed by atoms with Crippen molar-refractivity contribution in [3.05, 3.63) is 56.9 Å². The molecule has 2 heteroatoms. The Hall–Kier alpha value is -1.12. The van der Waals surface area contributed by atoms with E-state index in [0.717, 1.165) is 0 Å². The summed E-state index contributed by atoms with van der Waals surface area (Å²) in [7, 11) is 0. The Balaban J connectivity index is 1.64. The topological polar surface area (TPSA) is 0 Å². The van der Waals surface area contributed by atoms with Gasteiger partial charge in [0.05, 0.1) is 0 Å². The van der Waals surface area contributed by atoms with Gasteiger partial charge >= 0.3 is 0 Å². The van der Waals surface area contributed by atoms with E-state index in [1.54, 1.807) is 0 Å². The smallest absolute Gasteiger partial charge is 0.0267 e. The zero-order chi connectivity index (χ0) is 13.5. The summed E-state index contributed by atoms with van der Waals surface area (Å²) in [4.78, 5) is 5.54. The van der Waals surface area contributed by atoms with Crippen LogP contribution in [0.1, 0.15) is 38.8 Å². The normalized spacial score (nSPS) is 10.5. The highest BCUT2D eigenvalue weighted by Gasteiger charge is 2.00. The van der Waals surface area contributed by atoms with E-state index in [0.29, 0.717) is 0 Å². The standard InChI is InChI=1S/C17H20S2/c1-3-14-10-12-16(18-14)8-6-5-7-9-17-13-11-15(4-2)19-17/h3-4,10-13H,1-2,5-9H2. The summed E-state index contributed by atoms with van der Waals surface area (Å²) in [5.74, 6) is 0. The summed E-state index contributed by atoms with van der Waals surface area (Å²) in [5.41, 5.74) is 0. The van der Waals surface area contributed by atoms with Gasteiger partial charge in [0.25, 0.3) is 0 Å².